The summed E-state index contributed by atoms with van der Waals surface area (Å²) < 4.78 is 0. The third-order valence-electron chi connectivity index (χ3n) is 6.68. The molecule has 0 bridgehead atoms. The van der Waals surface area contributed by atoms with E-state index in [9.17, 15) is 14.9 Å². The fraction of sp³-hybridized carbons (Fsp3) is 0.269. The molecule has 0 spiro atoms. The number of hydrogen-bond acceptors (Lipinski definition) is 6. The molecule has 0 aromatic heterocycles. The summed E-state index contributed by atoms with van der Waals surface area (Å²) in [6.07, 6.45) is 1.79. The van der Waals surface area contributed by atoms with Gasteiger partial charge in [-0.15, -0.1) is 0 Å². The van der Waals surface area contributed by atoms with E-state index >= 15 is 0 Å². The van der Waals surface area contributed by atoms with Gasteiger partial charge in [-0.25, -0.2) is 0 Å². The number of carbonyl (C=O) groups excluding carboxylic acids is 1. The molecule has 0 radical (unpaired) electrons. The van der Waals surface area contributed by atoms with Crippen LogP contribution in [0.15, 0.2) is 66.7 Å². The van der Waals surface area contributed by atoms with Crippen LogP contribution in [-0.2, 0) is 13.0 Å². The molecule has 5 rings (SSSR count). The van der Waals surface area contributed by atoms with E-state index in [-0.39, 0.29) is 10.6 Å². The standard InChI is InChI=1S/C26H26N4O3/c31-19-22-7-3-4-8-24(22)28-15-13-27(14-16-28)23-9-10-25(30(32)33)26(17-23)29-12-11-20-5-1-2-6-21(20)18-29/h1-10,17,19H,11-16,18H2. The fourth-order valence-corrected chi connectivity index (χ4v) is 4.90. The third-order valence-corrected chi connectivity index (χ3v) is 6.68. The Kier molecular flexibility index (Phi) is 5.69. The molecule has 0 amide bonds. The van der Waals surface area contributed by atoms with E-state index in [4.69, 9.17) is 0 Å². The van der Waals surface area contributed by atoms with Crippen molar-refractivity contribution in [3.63, 3.8) is 0 Å². The van der Waals surface area contributed by atoms with Crippen molar-refractivity contribution in [3.8, 4) is 0 Å². The number of hydrogen-bond donors (Lipinski definition) is 0. The molecule has 1 saturated heterocycles. The zero-order valence-corrected chi connectivity index (χ0v) is 18.4. The highest BCUT2D eigenvalue weighted by molar-refractivity contribution is 5.84. The predicted octanol–water partition coefficient (Wildman–Crippen LogP) is 4.30. The first-order chi connectivity index (χ1) is 16.1. The minimum atomic E-state index is -0.284. The van der Waals surface area contributed by atoms with Gasteiger partial charge in [-0.1, -0.05) is 36.4 Å². The van der Waals surface area contributed by atoms with Gasteiger partial charge in [-0.05, 0) is 41.8 Å². The molecule has 3 aromatic rings. The number of benzene rings is 3. The summed E-state index contributed by atoms with van der Waals surface area (Å²) in [4.78, 5) is 29.5. The van der Waals surface area contributed by atoms with E-state index in [2.05, 4.69) is 26.8 Å². The molecule has 7 heteroatoms. The average molecular weight is 443 g/mol. The van der Waals surface area contributed by atoms with E-state index in [0.717, 1.165) is 56.8 Å². The molecule has 2 aliphatic rings. The topological polar surface area (TPSA) is 69.9 Å². The lowest BCUT2D eigenvalue weighted by Gasteiger charge is -2.38. The van der Waals surface area contributed by atoms with Crippen LogP contribution in [-0.4, -0.2) is 43.9 Å². The molecule has 1 fully saturated rings. The van der Waals surface area contributed by atoms with Gasteiger partial charge in [0.25, 0.3) is 5.69 Å². The molecule has 0 atom stereocenters. The summed E-state index contributed by atoms with van der Waals surface area (Å²) in [5.41, 5.74) is 6.04. The van der Waals surface area contributed by atoms with Gasteiger partial charge in [0.15, 0.2) is 6.29 Å². The van der Waals surface area contributed by atoms with Gasteiger partial charge in [-0.3, -0.25) is 14.9 Å². The van der Waals surface area contributed by atoms with E-state index in [1.807, 2.05) is 48.5 Å². The maximum atomic E-state index is 11.8. The van der Waals surface area contributed by atoms with Crippen LogP contribution in [0.25, 0.3) is 0 Å². The Bertz CT molecular complexity index is 1190. The molecule has 2 aliphatic heterocycles. The monoisotopic (exact) mass is 442 g/mol. The van der Waals surface area contributed by atoms with Crippen LogP contribution in [0.4, 0.5) is 22.7 Å². The maximum Gasteiger partial charge on any atom is 0.292 e. The van der Waals surface area contributed by atoms with Crippen LogP contribution in [0.3, 0.4) is 0 Å². The number of nitro benzene ring substituents is 1. The molecule has 168 valence electrons. The van der Waals surface area contributed by atoms with Crippen LogP contribution < -0.4 is 14.7 Å². The number of nitro groups is 1. The number of anilines is 3. The van der Waals surface area contributed by atoms with Gasteiger partial charge in [0, 0.05) is 62.3 Å². The second-order valence-corrected chi connectivity index (χ2v) is 8.52. The zero-order chi connectivity index (χ0) is 22.8. The SMILES string of the molecule is O=Cc1ccccc1N1CCN(c2ccc([N+](=O)[O-])c(N3CCc4ccccc4C3)c2)CC1. The van der Waals surface area contributed by atoms with Crippen molar-refractivity contribution in [2.45, 2.75) is 13.0 Å². The Hall–Kier alpha value is -3.87. The number of piperazine rings is 1. The number of nitrogens with zero attached hydrogens (tertiary/aromatic N) is 4. The van der Waals surface area contributed by atoms with Crippen molar-refractivity contribution in [1.29, 1.82) is 0 Å². The van der Waals surface area contributed by atoms with Crippen molar-refractivity contribution in [3.05, 3.63) is 93.5 Å². The summed E-state index contributed by atoms with van der Waals surface area (Å²) in [6.45, 7) is 4.58. The summed E-state index contributed by atoms with van der Waals surface area (Å²) in [5.74, 6) is 0. The molecule has 0 saturated carbocycles. The van der Waals surface area contributed by atoms with Crippen LogP contribution in [0, 0.1) is 10.1 Å². The molecule has 7 nitrogen and oxygen atoms in total. The van der Waals surface area contributed by atoms with Gasteiger partial charge in [0.05, 0.1) is 4.92 Å². The molecule has 0 unspecified atom stereocenters. The van der Waals surface area contributed by atoms with E-state index < -0.39 is 0 Å². The average Bonchev–Trinajstić information content (AvgIpc) is 2.88. The minimum absolute atomic E-state index is 0.150. The molecular formula is C26H26N4O3. The van der Waals surface area contributed by atoms with Crippen LogP contribution >= 0.6 is 0 Å². The highest BCUT2D eigenvalue weighted by atomic mass is 16.6. The molecule has 3 aromatic carbocycles. The quantitative estimate of drug-likeness (QED) is 0.333. The van der Waals surface area contributed by atoms with E-state index in [1.54, 1.807) is 6.07 Å². The smallest absolute Gasteiger partial charge is 0.292 e. The Morgan fingerprint density at radius 3 is 2.21 bits per heavy atom. The largest absolute Gasteiger partial charge is 0.368 e. The first kappa shape index (κ1) is 21.0. The van der Waals surface area contributed by atoms with Gasteiger partial charge < -0.3 is 14.7 Å². The maximum absolute atomic E-state index is 11.8. The van der Waals surface area contributed by atoms with Crippen LogP contribution in [0.2, 0.25) is 0 Å². The minimum Gasteiger partial charge on any atom is -0.368 e. The summed E-state index contributed by atoms with van der Waals surface area (Å²) >= 11 is 0. The Balaban J connectivity index is 1.37. The summed E-state index contributed by atoms with van der Waals surface area (Å²) in [7, 11) is 0. The fourth-order valence-electron chi connectivity index (χ4n) is 4.90. The molecule has 2 heterocycles. The Morgan fingerprint density at radius 1 is 0.758 bits per heavy atom. The van der Waals surface area contributed by atoms with E-state index in [0.29, 0.717) is 17.8 Å². The number of carbonyl (C=O) groups is 1. The highest BCUT2D eigenvalue weighted by Crippen LogP contribution is 2.36. The second kappa shape index (κ2) is 8.94. The summed E-state index contributed by atoms with van der Waals surface area (Å²) in [6, 6.07) is 21.4. The Morgan fingerprint density at radius 2 is 1.45 bits per heavy atom. The zero-order valence-electron chi connectivity index (χ0n) is 18.4. The van der Waals surface area contributed by atoms with Crippen molar-refractivity contribution in [2.24, 2.45) is 0 Å². The van der Waals surface area contributed by atoms with Crippen molar-refractivity contribution >= 4 is 29.0 Å². The predicted molar refractivity (Wildman–Crippen MR) is 131 cm³/mol. The first-order valence-electron chi connectivity index (χ1n) is 11.3. The number of fused-ring (bicyclic) bond motifs is 1. The van der Waals surface area contributed by atoms with Gasteiger partial charge >= 0.3 is 0 Å². The van der Waals surface area contributed by atoms with Crippen LogP contribution in [0.5, 0.6) is 0 Å². The van der Waals surface area contributed by atoms with Crippen LogP contribution in [0.1, 0.15) is 21.5 Å². The second-order valence-electron chi connectivity index (χ2n) is 8.52. The number of rotatable bonds is 5. The Labute approximate surface area is 193 Å². The number of para-hydroxylation sites is 1. The third kappa shape index (κ3) is 4.14. The number of aldehydes is 1. The van der Waals surface area contributed by atoms with Gasteiger partial charge in [0.1, 0.15) is 5.69 Å². The first-order valence-corrected chi connectivity index (χ1v) is 11.3. The van der Waals surface area contributed by atoms with Gasteiger partial charge in [0.2, 0.25) is 0 Å². The lowest BCUT2D eigenvalue weighted by molar-refractivity contribution is -0.384. The van der Waals surface area contributed by atoms with Crippen molar-refractivity contribution < 1.29 is 9.72 Å². The lowest BCUT2D eigenvalue weighted by atomic mass is 9.99. The van der Waals surface area contributed by atoms with E-state index in [1.165, 1.54) is 11.1 Å². The molecule has 33 heavy (non-hydrogen) atoms. The molecule has 0 N–H and O–H groups in total. The highest BCUT2D eigenvalue weighted by Gasteiger charge is 2.26. The lowest BCUT2D eigenvalue weighted by Crippen LogP contribution is -2.46. The van der Waals surface area contributed by atoms with Crippen molar-refractivity contribution in [2.75, 3.05) is 47.4 Å². The summed E-state index contributed by atoms with van der Waals surface area (Å²) in [5, 5.41) is 11.8. The molecular weight excluding hydrogens is 416 g/mol. The molecule has 0 aliphatic carbocycles. The van der Waals surface area contributed by atoms with Crippen molar-refractivity contribution in [1.82, 2.24) is 0 Å². The normalized spacial score (nSPS) is 15.8. The van der Waals surface area contributed by atoms with Gasteiger partial charge in [-0.2, -0.15) is 0 Å².